The number of likely N-dealkylation sites (tertiary alicyclic amines) is 1. The van der Waals surface area contributed by atoms with Crippen LogP contribution in [0.25, 0.3) is 0 Å². The van der Waals surface area contributed by atoms with Gasteiger partial charge in [0, 0.05) is 26.6 Å². The van der Waals surface area contributed by atoms with Gasteiger partial charge in [0.25, 0.3) is 0 Å². The molecule has 1 unspecified atom stereocenters. The predicted molar refractivity (Wildman–Crippen MR) is 69.9 cm³/mol. The van der Waals surface area contributed by atoms with Gasteiger partial charge in [0.1, 0.15) is 12.7 Å². The first-order valence-corrected chi connectivity index (χ1v) is 6.61. The molecule has 1 aliphatic rings. The summed E-state index contributed by atoms with van der Waals surface area (Å²) in [6, 6.07) is 0. The van der Waals surface area contributed by atoms with Crippen molar-refractivity contribution in [3.8, 4) is 0 Å². The number of hydrogen-bond donors (Lipinski definition) is 1. The van der Waals surface area contributed by atoms with Gasteiger partial charge in [0.15, 0.2) is 5.82 Å². The topological polar surface area (TPSA) is 84.4 Å². The second kappa shape index (κ2) is 6.12. The van der Waals surface area contributed by atoms with E-state index in [9.17, 15) is 10.1 Å². The number of aliphatic hydroxyl groups excluding tert-OH is 1. The molecule has 0 saturated carbocycles. The van der Waals surface area contributed by atoms with Crippen molar-refractivity contribution in [2.75, 3.05) is 26.2 Å². The van der Waals surface area contributed by atoms with Crippen LogP contribution in [0.4, 0.5) is 5.82 Å². The first kappa shape index (κ1) is 14.0. The van der Waals surface area contributed by atoms with Gasteiger partial charge in [-0.1, -0.05) is 0 Å². The van der Waals surface area contributed by atoms with Crippen LogP contribution in [0.2, 0.25) is 0 Å². The van der Waals surface area contributed by atoms with Crippen molar-refractivity contribution >= 4 is 5.82 Å². The first-order valence-electron chi connectivity index (χ1n) is 6.61. The number of aliphatic hydroxyl groups is 1. The summed E-state index contributed by atoms with van der Waals surface area (Å²) in [6.45, 7) is 5.39. The zero-order chi connectivity index (χ0) is 13.8. The molecule has 0 aliphatic carbocycles. The summed E-state index contributed by atoms with van der Waals surface area (Å²) in [4.78, 5) is 16.8. The predicted octanol–water partition coefficient (Wildman–Crippen LogP) is 0.804. The van der Waals surface area contributed by atoms with Crippen LogP contribution in [0.5, 0.6) is 0 Å². The maximum atomic E-state index is 10.9. The molecule has 1 aromatic heterocycles. The molecule has 19 heavy (non-hydrogen) atoms. The molecule has 106 valence electrons. The van der Waals surface area contributed by atoms with Gasteiger partial charge in [0.05, 0.1) is 0 Å². The number of nitro groups is 1. The van der Waals surface area contributed by atoms with E-state index in [4.69, 9.17) is 5.11 Å². The van der Waals surface area contributed by atoms with Crippen molar-refractivity contribution in [3.05, 3.63) is 22.1 Å². The maximum absolute atomic E-state index is 10.9. The molecule has 2 heterocycles. The van der Waals surface area contributed by atoms with E-state index < -0.39 is 4.92 Å². The molecule has 1 aromatic rings. The minimum Gasteiger partial charge on any atom is -0.396 e. The van der Waals surface area contributed by atoms with Gasteiger partial charge in [0.2, 0.25) is 0 Å². The Labute approximate surface area is 112 Å². The van der Waals surface area contributed by atoms with Crippen LogP contribution in [0, 0.1) is 23.0 Å². The van der Waals surface area contributed by atoms with Gasteiger partial charge in [-0.2, -0.15) is 0 Å². The Morgan fingerprint density at radius 1 is 1.58 bits per heavy atom. The van der Waals surface area contributed by atoms with E-state index in [1.54, 1.807) is 11.5 Å². The summed E-state index contributed by atoms with van der Waals surface area (Å²) in [5.41, 5.74) is 0. The quantitative estimate of drug-likeness (QED) is 0.609. The summed E-state index contributed by atoms with van der Waals surface area (Å²) in [5.74, 6) is 1.30. The second-order valence-corrected chi connectivity index (χ2v) is 5.04. The average Bonchev–Trinajstić information content (AvgIpc) is 2.94. The molecule has 1 atom stereocenters. The van der Waals surface area contributed by atoms with Gasteiger partial charge in [-0.25, -0.2) is 9.55 Å². The molecule has 2 rings (SSSR count). The molecule has 0 bridgehead atoms. The summed E-state index contributed by atoms with van der Waals surface area (Å²) >= 11 is 0. The van der Waals surface area contributed by atoms with Crippen LogP contribution < -0.4 is 0 Å². The molecule has 1 fully saturated rings. The van der Waals surface area contributed by atoms with Crippen LogP contribution in [0.15, 0.2) is 6.20 Å². The maximum Gasteiger partial charge on any atom is 0.342 e. The lowest BCUT2D eigenvalue weighted by Crippen LogP contribution is -2.26. The molecule has 0 spiro atoms. The Kier molecular flexibility index (Phi) is 4.49. The number of aryl methyl sites for hydroxylation is 1. The number of rotatable bonds is 6. The minimum absolute atomic E-state index is 0.0589. The highest BCUT2D eigenvalue weighted by Crippen LogP contribution is 2.20. The third-order valence-corrected chi connectivity index (χ3v) is 3.77. The molecule has 1 saturated heterocycles. The lowest BCUT2D eigenvalue weighted by atomic mass is 10.1. The number of hydrogen-bond acceptors (Lipinski definition) is 5. The van der Waals surface area contributed by atoms with Gasteiger partial charge >= 0.3 is 5.82 Å². The largest absolute Gasteiger partial charge is 0.396 e. The monoisotopic (exact) mass is 268 g/mol. The van der Waals surface area contributed by atoms with E-state index in [1.807, 2.05) is 0 Å². The Balaban J connectivity index is 1.89. The van der Waals surface area contributed by atoms with E-state index in [-0.39, 0.29) is 12.4 Å². The SMILES string of the molecule is Cc1ncc([N+](=O)[O-])n1CCN1CCC(CCO)C1. The Morgan fingerprint density at radius 2 is 2.37 bits per heavy atom. The van der Waals surface area contributed by atoms with Gasteiger partial charge < -0.3 is 15.2 Å². The second-order valence-electron chi connectivity index (χ2n) is 5.04. The van der Waals surface area contributed by atoms with Crippen molar-refractivity contribution in [1.29, 1.82) is 0 Å². The van der Waals surface area contributed by atoms with Crippen LogP contribution >= 0.6 is 0 Å². The molecule has 0 amide bonds. The first-order chi connectivity index (χ1) is 9.11. The average molecular weight is 268 g/mol. The van der Waals surface area contributed by atoms with Crippen LogP contribution in [0.1, 0.15) is 18.7 Å². The number of imidazole rings is 1. The van der Waals surface area contributed by atoms with Crippen molar-refractivity contribution < 1.29 is 10.0 Å². The fraction of sp³-hybridized carbons (Fsp3) is 0.750. The molecule has 1 aliphatic heterocycles. The third kappa shape index (κ3) is 3.30. The minimum atomic E-state index is -0.390. The molecular weight excluding hydrogens is 248 g/mol. The van der Waals surface area contributed by atoms with E-state index in [0.29, 0.717) is 18.3 Å². The zero-order valence-electron chi connectivity index (χ0n) is 11.2. The lowest BCUT2D eigenvalue weighted by molar-refractivity contribution is -0.392. The zero-order valence-corrected chi connectivity index (χ0v) is 11.2. The van der Waals surface area contributed by atoms with Gasteiger partial charge in [-0.3, -0.25) is 4.90 Å². The standard InChI is InChI=1S/C12H20N4O3/c1-10-13-8-12(16(18)19)15(10)6-5-14-4-2-11(9-14)3-7-17/h8,11,17H,2-7,9H2,1H3. The molecule has 0 aromatic carbocycles. The van der Waals surface area contributed by atoms with Crippen LogP contribution in [-0.4, -0.2) is 50.7 Å². The third-order valence-electron chi connectivity index (χ3n) is 3.77. The molecule has 0 radical (unpaired) electrons. The van der Waals surface area contributed by atoms with E-state index in [2.05, 4.69) is 9.88 Å². The Bertz CT molecular complexity index is 446. The van der Waals surface area contributed by atoms with Crippen molar-refractivity contribution in [2.24, 2.45) is 5.92 Å². The summed E-state index contributed by atoms with van der Waals surface area (Å²) in [5, 5.41) is 19.8. The Hall–Kier alpha value is -1.47. The van der Waals surface area contributed by atoms with Crippen LogP contribution in [-0.2, 0) is 6.54 Å². The molecule has 7 nitrogen and oxygen atoms in total. The molecule has 7 heteroatoms. The molecular formula is C12H20N4O3. The Morgan fingerprint density at radius 3 is 3.05 bits per heavy atom. The van der Waals surface area contributed by atoms with Crippen LogP contribution in [0.3, 0.4) is 0 Å². The summed E-state index contributed by atoms with van der Waals surface area (Å²) < 4.78 is 1.65. The van der Waals surface area contributed by atoms with Crippen molar-refractivity contribution in [3.63, 3.8) is 0 Å². The number of nitrogens with zero attached hydrogens (tertiary/aromatic N) is 4. The van der Waals surface area contributed by atoms with E-state index in [0.717, 1.165) is 32.5 Å². The van der Waals surface area contributed by atoms with E-state index in [1.165, 1.54) is 6.20 Å². The summed E-state index contributed by atoms with van der Waals surface area (Å²) in [7, 11) is 0. The fourth-order valence-corrected chi connectivity index (χ4v) is 2.65. The fourth-order valence-electron chi connectivity index (χ4n) is 2.65. The highest BCUT2D eigenvalue weighted by atomic mass is 16.6. The van der Waals surface area contributed by atoms with Gasteiger partial charge in [-0.15, -0.1) is 0 Å². The van der Waals surface area contributed by atoms with Crippen molar-refractivity contribution in [2.45, 2.75) is 26.3 Å². The summed E-state index contributed by atoms with van der Waals surface area (Å²) in [6.07, 6.45) is 3.26. The highest BCUT2D eigenvalue weighted by Gasteiger charge is 2.23. The lowest BCUT2D eigenvalue weighted by Gasteiger charge is -2.15. The van der Waals surface area contributed by atoms with Gasteiger partial charge in [-0.05, 0) is 30.2 Å². The normalized spacial score (nSPS) is 20.0. The molecule has 1 N–H and O–H groups in total. The number of aromatic nitrogens is 2. The smallest absolute Gasteiger partial charge is 0.342 e. The van der Waals surface area contributed by atoms with Crippen molar-refractivity contribution in [1.82, 2.24) is 14.5 Å². The van der Waals surface area contributed by atoms with E-state index >= 15 is 0 Å². The highest BCUT2D eigenvalue weighted by molar-refractivity contribution is 5.18.